The molecule has 0 saturated heterocycles. The number of benzene rings is 1. The summed E-state index contributed by atoms with van der Waals surface area (Å²) < 4.78 is 14.5. The molecule has 0 spiro atoms. The molecule has 2 aromatic rings. The van der Waals surface area contributed by atoms with Gasteiger partial charge in [0.05, 0.1) is 15.8 Å². The van der Waals surface area contributed by atoms with E-state index in [0.29, 0.717) is 9.43 Å². The smallest absolute Gasteiger partial charge is 0.160 e. The van der Waals surface area contributed by atoms with Crippen LogP contribution in [-0.2, 0) is 0 Å². The van der Waals surface area contributed by atoms with Crippen LogP contribution < -0.4 is 0 Å². The highest BCUT2D eigenvalue weighted by atomic mass is 79.9. The average Bonchev–Trinajstić information content (AvgIpc) is 2.42. The molecule has 5 heteroatoms. The summed E-state index contributed by atoms with van der Waals surface area (Å²) in [4.78, 5) is 4.08. The standard InChI is InChI=1S/C8H2BrFN2S/c9-8-12-6-1-4(3-11)5(10)2-7(6)13-8/h1-2H. The second-order valence-electron chi connectivity index (χ2n) is 2.38. The van der Waals surface area contributed by atoms with E-state index in [4.69, 9.17) is 5.26 Å². The molecule has 0 amide bonds. The van der Waals surface area contributed by atoms with Crippen molar-refractivity contribution in [1.82, 2.24) is 4.98 Å². The molecule has 0 atom stereocenters. The largest absolute Gasteiger partial charge is 0.229 e. The van der Waals surface area contributed by atoms with Gasteiger partial charge in [-0.05, 0) is 28.1 Å². The lowest BCUT2D eigenvalue weighted by Gasteiger charge is -1.91. The molecule has 0 fully saturated rings. The molecule has 0 unspecified atom stereocenters. The second-order valence-corrected chi connectivity index (χ2v) is 4.69. The summed E-state index contributed by atoms with van der Waals surface area (Å²) in [6.45, 7) is 0. The number of hydrogen-bond acceptors (Lipinski definition) is 3. The molecule has 1 aromatic heterocycles. The number of hydrogen-bond donors (Lipinski definition) is 0. The monoisotopic (exact) mass is 256 g/mol. The van der Waals surface area contributed by atoms with Crippen LogP contribution in [0.1, 0.15) is 5.56 Å². The summed E-state index contributed by atoms with van der Waals surface area (Å²) in [6, 6.07) is 4.55. The van der Waals surface area contributed by atoms with E-state index in [1.165, 1.54) is 23.5 Å². The van der Waals surface area contributed by atoms with E-state index in [0.717, 1.165) is 4.70 Å². The Labute approximate surface area is 85.8 Å². The summed E-state index contributed by atoms with van der Waals surface area (Å²) in [5, 5.41) is 8.56. The third-order valence-electron chi connectivity index (χ3n) is 1.57. The maximum atomic E-state index is 13.1. The highest BCUT2D eigenvalue weighted by molar-refractivity contribution is 9.11. The van der Waals surface area contributed by atoms with E-state index in [1.807, 2.05) is 0 Å². The lowest BCUT2D eigenvalue weighted by molar-refractivity contribution is 0.626. The fourth-order valence-corrected chi connectivity index (χ4v) is 2.42. The van der Waals surface area contributed by atoms with Crippen LogP contribution in [0.4, 0.5) is 4.39 Å². The van der Waals surface area contributed by atoms with Gasteiger partial charge in [0.25, 0.3) is 0 Å². The molecule has 0 N–H and O–H groups in total. The predicted molar refractivity (Wildman–Crippen MR) is 52.0 cm³/mol. The first-order chi connectivity index (χ1) is 6.20. The third-order valence-corrected chi connectivity index (χ3v) is 3.04. The topological polar surface area (TPSA) is 36.7 Å². The van der Waals surface area contributed by atoms with Crippen LogP contribution in [0.25, 0.3) is 10.2 Å². The van der Waals surface area contributed by atoms with E-state index < -0.39 is 5.82 Å². The molecule has 1 heterocycles. The molecule has 0 aliphatic heterocycles. The zero-order valence-electron chi connectivity index (χ0n) is 6.21. The Hall–Kier alpha value is -0.990. The van der Waals surface area contributed by atoms with Crippen LogP contribution in [0, 0.1) is 17.1 Å². The summed E-state index contributed by atoms with van der Waals surface area (Å²) >= 11 is 4.54. The molecule has 2 rings (SSSR count). The fourth-order valence-electron chi connectivity index (χ4n) is 1.01. The number of halogens is 2. The van der Waals surface area contributed by atoms with Crippen molar-refractivity contribution in [2.24, 2.45) is 0 Å². The maximum absolute atomic E-state index is 13.1. The van der Waals surface area contributed by atoms with Crippen molar-refractivity contribution in [1.29, 1.82) is 5.26 Å². The predicted octanol–water partition coefficient (Wildman–Crippen LogP) is 3.07. The highest BCUT2D eigenvalue weighted by Gasteiger charge is 2.07. The first-order valence-corrected chi connectivity index (χ1v) is 4.97. The normalized spacial score (nSPS) is 10.2. The molecule has 64 valence electrons. The van der Waals surface area contributed by atoms with Crippen molar-refractivity contribution in [2.45, 2.75) is 0 Å². The number of fused-ring (bicyclic) bond motifs is 1. The summed E-state index contributed by atoms with van der Waals surface area (Å²) in [5.41, 5.74) is 0.681. The number of nitriles is 1. The Bertz CT molecular complexity index is 515. The zero-order chi connectivity index (χ0) is 9.42. The van der Waals surface area contributed by atoms with Crippen LogP contribution in [-0.4, -0.2) is 4.98 Å². The third kappa shape index (κ3) is 1.43. The second kappa shape index (κ2) is 3.05. The van der Waals surface area contributed by atoms with Gasteiger partial charge in [-0.2, -0.15) is 5.26 Å². The average molecular weight is 257 g/mol. The van der Waals surface area contributed by atoms with Crippen molar-refractivity contribution in [3.63, 3.8) is 0 Å². The van der Waals surface area contributed by atoms with Crippen molar-refractivity contribution < 1.29 is 4.39 Å². The molecule has 0 saturated carbocycles. The van der Waals surface area contributed by atoms with Gasteiger partial charge < -0.3 is 0 Å². The molecular weight excluding hydrogens is 255 g/mol. The fraction of sp³-hybridized carbons (Fsp3) is 0. The van der Waals surface area contributed by atoms with Crippen molar-refractivity contribution in [3.8, 4) is 6.07 Å². The van der Waals surface area contributed by atoms with Gasteiger partial charge in [-0.25, -0.2) is 9.37 Å². The molecular formula is C8H2BrFN2S. The van der Waals surface area contributed by atoms with E-state index in [-0.39, 0.29) is 5.56 Å². The minimum absolute atomic E-state index is 0.0327. The van der Waals surface area contributed by atoms with Gasteiger partial charge in [0, 0.05) is 0 Å². The maximum Gasteiger partial charge on any atom is 0.160 e. The lowest BCUT2D eigenvalue weighted by atomic mass is 10.2. The van der Waals surface area contributed by atoms with Crippen LogP contribution in [0.15, 0.2) is 16.0 Å². The van der Waals surface area contributed by atoms with E-state index in [2.05, 4.69) is 20.9 Å². The highest BCUT2D eigenvalue weighted by Crippen LogP contribution is 2.27. The van der Waals surface area contributed by atoms with Gasteiger partial charge in [-0.1, -0.05) is 0 Å². The molecule has 1 aromatic carbocycles. The van der Waals surface area contributed by atoms with Gasteiger partial charge in [0.1, 0.15) is 11.9 Å². The summed E-state index contributed by atoms with van der Waals surface area (Å²) in [6.07, 6.45) is 0. The van der Waals surface area contributed by atoms with Crippen LogP contribution in [0.2, 0.25) is 0 Å². The number of aromatic nitrogens is 1. The van der Waals surface area contributed by atoms with Crippen molar-refractivity contribution in [2.75, 3.05) is 0 Å². The van der Waals surface area contributed by atoms with E-state index >= 15 is 0 Å². The summed E-state index contributed by atoms with van der Waals surface area (Å²) in [5.74, 6) is -0.494. The molecule has 2 nitrogen and oxygen atoms in total. The zero-order valence-corrected chi connectivity index (χ0v) is 8.62. The van der Waals surface area contributed by atoms with Crippen LogP contribution in [0.3, 0.4) is 0 Å². The molecule has 0 aliphatic rings. The number of nitrogens with zero attached hydrogens (tertiary/aromatic N) is 2. The molecule has 0 aliphatic carbocycles. The van der Waals surface area contributed by atoms with Gasteiger partial charge in [-0.15, -0.1) is 11.3 Å². The number of thiazole rings is 1. The Balaban J connectivity index is 2.82. The van der Waals surface area contributed by atoms with Crippen LogP contribution in [0.5, 0.6) is 0 Å². The Morgan fingerprint density at radius 2 is 2.31 bits per heavy atom. The van der Waals surface area contributed by atoms with Crippen LogP contribution >= 0.6 is 27.3 Å². The van der Waals surface area contributed by atoms with E-state index in [1.54, 1.807) is 6.07 Å². The first kappa shape index (κ1) is 8.60. The molecule has 0 radical (unpaired) electrons. The first-order valence-electron chi connectivity index (χ1n) is 3.36. The van der Waals surface area contributed by atoms with Crippen molar-refractivity contribution >= 4 is 37.5 Å². The van der Waals surface area contributed by atoms with Gasteiger partial charge >= 0.3 is 0 Å². The van der Waals surface area contributed by atoms with Crippen molar-refractivity contribution in [3.05, 3.63) is 27.4 Å². The Kier molecular flexibility index (Phi) is 2.02. The van der Waals surface area contributed by atoms with Gasteiger partial charge in [0.2, 0.25) is 0 Å². The SMILES string of the molecule is N#Cc1cc2nc(Br)sc2cc1F. The lowest BCUT2D eigenvalue weighted by Crippen LogP contribution is -1.81. The summed E-state index contributed by atoms with van der Waals surface area (Å²) in [7, 11) is 0. The Morgan fingerprint density at radius 1 is 1.54 bits per heavy atom. The van der Waals surface area contributed by atoms with Gasteiger partial charge in [0.15, 0.2) is 3.92 Å². The van der Waals surface area contributed by atoms with Gasteiger partial charge in [-0.3, -0.25) is 0 Å². The molecule has 13 heavy (non-hydrogen) atoms. The molecule has 0 bridgehead atoms. The quantitative estimate of drug-likeness (QED) is 0.727. The minimum atomic E-state index is -0.494. The van der Waals surface area contributed by atoms with E-state index in [9.17, 15) is 4.39 Å². The number of rotatable bonds is 0. The minimum Gasteiger partial charge on any atom is -0.229 e. The Morgan fingerprint density at radius 3 is 3.00 bits per heavy atom.